The van der Waals surface area contributed by atoms with Crippen molar-refractivity contribution in [2.75, 3.05) is 0 Å². The highest BCUT2D eigenvalue weighted by Crippen LogP contribution is 2.12. The Hall–Kier alpha value is -2.24. The van der Waals surface area contributed by atoms with Gasteiger partial charge in [-0.3, -0.25) is 0 Å². The molecule has 16 heavy (non-hydrogen) atoms. The molecule has 2 aromatic heterocycles. The molecule has 0 radical (unpaired) electrons. The van der Waals surface area contributed by atoms with Gasteiger partial charge in [0.1, 0.15) is 11.9 Å². The number of carbonyl (C=O) groups is 1. The average Bonchev–Trinajstić information content (AvgIpc) is 2.60. The maximum atomic E-state index is 10.8. The van der Waals surface area contributed by atoms with Gasteiger partial charge in [-0.05, 0) is 13.8 Å². The first-order chi connectivity index (χ1) is 7.59. The molecule has 1 N–H and O–H groups in total. The SMILES string of the molecule is Cc1cc(-n2ncc(C(=O)O)c2C)ncn1. The molecule has 0 saturated carbocycles. The Kier molecular flexibility index (Phi) is 2.40. The van der Waals surface area contributed by atoms with Crippen molar-refractivity contribution in [1.29, 1.82) is 0 Å². The molecule has 2 aromatic rings. The van der Waals surface area contributed by atoms with Gasteiger partial charge in [0.05, 0.1) is 11.9 Å². The zero-order chi connectivity index (χ0) is 11.7. The van der Waals surface area contributed by atoms with Crippen LogP contribution in [0.3, 0.4) is 0 Å². The van der Waals surface area contributed by atoms with Crippen LogP contribution in [0.2, 0.25) is 0 Å². The van der Waals surface area contributed by atoms with Gasteiger partial charge in [0.25, 0.3) is 0 Å². The smallest absolute Gasteiger partial charge is 0.339 e. The van der Waals surface area contributed by atoms with Gasteiger partial charge in [0, 0.05) is 11.8 Å². The normalized spacial score (nSPS) is 10.4. The lowest BCUT2D eigenvalue weighted by Gasteiger charge is -2.03. The Morgan fingerprint density at radius 2 is 2.12 bits per heavy atom. The molecule has 0 fully saturated rings. The standard InChI is InChI=1S/C10H10N4O2/c1-6-3-9(12-5-11-6)14-7(2)8(4-13-14)10(15)16/h3-5H,1-2H3,(H,15,16). The van der Waals surface area contributed by atoms with E-state index in [0.717, 1.165) is 5.69 Å². The number of hydrogen-bond acceptors (Lipinski definition) is 4. The Morgan fingerprint density at radius 3 is 2.69 bits per heavy atom. The van der Waals surface area contributed by atoms with Crippen molar-refractivity contribution in [1.82, 2.24) is 19.7 Å². The number of aromatic carboxylic acids is 1. The summed E-state index contributed by atoms with van der Waals surface area (Å²) in [7, 11) is 0. The summed E-state index contributed by atoms with van der Waals surface area (Å²) < 4.78 is 1.48. The Balaban J connectivity index is 2.53. The van der Waals surface area contributed by atoms with Crippen LogP contribution < -0.4 is 0 Å². The average molecular weight is 218 g/mol. The number of rotatable bonds is 2. The Bertz CT molecular complexity index is 548. The molecule has 0 saturated heterocycles. The zero-order valence-corrected chi connectivity index (χ0v) is 8.88. The first-order valence-electron chi connectivity index (χ1n) is 4.66. The molecule has 0 atom stereocenters. The maximum absolute atomic E-state index is 10.8. The fourth-order valence-corrected chi connectivity index (χ4v) is 1.41. The van der Waals surface area contributed by atoms with E-state index in [-0.39, 0.29) is 5.56 Å². The minimum absolute atomic E-state index is 0.177. The monoisotopic (exact) mass is 218 g/mol. The van der Waals surface area contributed by atoms with Crippen LogP contribution in [0.5, 0.6) is 0 Å². The topological polar surface area (TPSA) is 80.9 Å². The lowest BCUT2D eigenvalue weighted by Crippen LogP contribution is -2.04. The highest BCUT2D eigenvalue weighted by atomic mass is 16.4. The second-order valence-electron chi connectivity index (χ2n) is 3.38. The third-order valence-electron chi connectivity index (χ3n) is 2.25. The summed E-state index contributed by atoms with van der Waals surface area (Å²) in [6.07, 6.45) is 2.74. The van der Waals surface area contributed by atoms with Crippen LogP contribution >= 0.6 is 0 Å². The van der Waals surface area contributed by atoms with Crippen molar-refractivity contribution in [2.24, 2.45) is 0 Å². The van der Waals surface area contributed by atoms with E-state index >= 15 is 0 Å². The van der Waals surface area contributed by atoms with Gasteiger partial charge in [0.2, 0.25) is 0 Å². The number of aromatic nitrogens is 4. The van der Waals surface area contributed by atoms with E-state index in [0.29, 0.717) is 11.5 Å². The summed E-state index contributed by atoms with van der Waals surface area (Å²) in [5.41, 5.74) is 1.53. The summed E-state index contributed by atoms with van der Waals surface area (Å²) in [5, 5.41) is 12.9. The van der Waals surface area contributed by atoms with Crippen molar-refractivity contribution >= 4 is 5.97 Å². The minimum atomic E-state index is -0.991. The van der Waals surface area contributed by atoms with Gasteiger partial charge in [-0.1, -0.05) is 0 Å². The van der Waals surface area contributed by atoms with Gasteiger partial charge < -0.3 is 5.11 Å². The van der Waals surface area contributed by atoms with Gasteiger partial charge in [0.15, 0.2) is 5.82 Å². The number of hydrogen-bond donors (Lipinski definition) is 1. The van der Waals surface area contributed by atoms with E-state index in [1.165, 1.54) is 17.2 Å². The molecule has 0 aliphatic heterocycles. The molecule has 2 heterocycles. The van der Waals surface area contributed by atoms with E-state index in [1.807, 2.05) is 6.92 Å². The van der Waals surface area contributed by atoms with Gasteiger partial charge in [-0.2, -0.15) is 5.10 Å². The van der Waals surface area contributed by atoms with Crippen LogP contribution in [0.25, 0.3) is 5.82 Å². The minimum Gasteiger partial charge on any atom is -0.478 e. The second-order valence-corrected chi connectivity index (χ2v) is 3.38. The number of carboxylic acids is 1. The second kappa shape index (κ2) is 3.73. The largest absolute Gasteiger partial charge is 0.478 e. The fraction of sp³-hybridized carbons (Fsp3) is 0.200. The predicted octanol–water partition coefficient (Wildman–Crippen LogP) is 0.977. The van der Waals surface area contributed by atoms with Crippen LogP contribution in [0, 0.1) is 13.8 Å². The Morgan fingerprint density at radius 1 is 1.38 bits per heavy atom. The van der Waals surface area contributed by atoms with Crippen LogP contribution in [-0.2, 0) is 0 Å². The van der Waals surface area contributed by atoms with Crippen LogP contribution in [0.4, 0.5) is 0 Å². The summed E-state index contributed by atoms with van der Waals surface area (Å²) >= 11 is 0. The molecule has 6 heteroatoms. The van der Waals surface area contributed by atoms with Gasteiger partial charge in [-0.15, -0.1) is 0 Å². The molecule has 0 unspecified atom stereocenters. The van der Waals surface area contributed by atoms with E-state index in [9.17, 15) is 4.79 Å². The molecular weight excluding hydrogens is 208 g/mol. The highest BCUT2D eigenvalue weighted by Gasteiger charge is 2.14. The van der Waals surface area contributed by atoms with E-state index < -0.39 is 5.97 Å². The molecule has 0 aliphatic rings. The maximum Gasteiger partial charge on any atom is 0.339 e. The molecule has 0 aromatic carbocycles. The summed E-state index contributed by atoms with van der Waals surface area (Å²) in [5.74, 6) is -0.424. The quantitative estimate of drug-likeness (QED) is 0.812. The van der Waals surface area contributed by atoms with Crippen molar-refractivity contribution in [3.63, 3.8) is 0 Å². The van der Waals surface area contributed by atoms with E-state index in [2.05, 4.69) is 15.1 Å². The van der Waals surface area contributed by atoms with Crippen molar-refractivity contribution in [3.8, 4) is 5.82 Å². The number of aryl methyl sites for hydroxylation is 1. The third kappa shape index (κ3) is 1.65. The molecule has 0 bridgehead atoms. The molecule has 0 amide bonds. The van der Waals surface area contributed by atoms with Crippen LogP contribution in [0.15, 0.2) is 18.6 Å². The van der Waals surface area contributed by atoms with E-state index in [1.54, 1.807) is 13.0 Å². The lowest BCUT2D eigenvalue weighted by molar-refractivity contribution is 0.0696. The van der Waals surface area contributed by atoms with Crippen LogP contribution in [-0.4, -0.2) is 30.8 Å². The molecule has 2 rings (SSSR count). The first-order valence-corrected chi connectivity index (χ1v) is 4.66. The summed E-state index contributed by atoms with van der Waals surface area (Å²) in [4.78, 5) is 18.9. The molecule has 6 nitrogen and oxygen atoms in total. The molecule has 82 valence electrons. The number of carboxylic acid groups (broad SMARTS) is 1. The third-order valence-corrected chi connectivity index (χ3v) is 2.25. The summed E-state index contributed by atoms with van der Waals surface area (Å²) in [6.45, 7) is 3.52. The van der Waals surface area contributed by atoms with Crippen molar-refractivity contribution < 1.29 is 9.90 Å². The molecule has 0 spiro atoms. The first kappa shape index (κ1) is 10.3. The Labute approximate surface area is 91.6 Å². The van der Waals surface area contributed by atoms with Crippen molar-refractivity contribution in [2.45, 2.75) is 13.8 Å². The van der Waals surface area contributed by atoms with Crippen molar-refractivity contribution in [3.05, 3.63) is 35.5 Å². The lowest BCUT2D eigenvalue weighted by atomic mass is 10.3. The fourth-order valence-electron chi connectivity index (χ4n) is 1.41. The summed E-state index contributed by atoms with van der Waals surface area (Å²) in [6, 6.07) is 1.74. The molecular formula is C10H10N4O2. The van der Waals surface area contributed by atoms with Gasteiger partial charge in [-0.25, -0.2) is 19.4 Å². The zero-order valence-electron chi connectivity index (χ0n) is 8.88. The molecule has 0 aliphatic carbocycles. The van der Waals surface area contributed by atoms with Gasteiger partial charge >= 0.3 is 5.97 Å². The predicted molar refractivity (Wildman–Crippen MR) is 55.6 cm³/mol. The van der Waals surface area contributed by atoms with E-state index in [4.69, 9.17) is 5.11 Å². The van der Waals surface area contributed by atoms with Crippen LogP contribution in [0.1, 0.15) is 21.7 Å². The highest BCUT2D eigenvalue weighted by molar-refractivity contribution is 5.88. The number of nitrogens with zero attached hydrogens (tertiary/aromatic N) is 4.